The second-order valence-electron chi connectivity index (χ2n) is 5.05. The van der Waals surface area contributed by atoms with Crippen LogP contribution in [0.2, 0.25) is 0 Å². The zero-order chi connectivity index (χ0) is 15.1. The summed E-state index contributed by atoms with van der Waals surface area (Å²) >= 11 is 0. The normalized spacial score (nSPS) is 17.6. The van der Waals surface area contributed by atoms with Crippen LogP contribution in [-0.4, -0.2) is 56.9 Å². The van der Waals surface area contributed by atoms with E-state index in [0.29, 0.717) is 26.4 Å². The molecule has 1 aromatic rings. The molecular formula is C15H24N2O4. The van der Waals surface area contributed by atoms with Gasteiger partial charge in [0.25, 0.3) is 0 Å². The van der Waals surface area contributed by atoms with Gasteiger partial charge in [0, 0.05) is 26.2 Å². The molecule has 1 aromatic heterocycles. The Morgan fingerprint density at radius 1 is 1.43 bits per heavy atom. The third-order valence-corrected chi connectivity index (χ3v) is 3.51. The number of ether oxygens (including phenoxy) is 2. The van der Waals surface area contributed by atoms with E-state index < -0.39 is 0 Å². The van der Waals surface area contributed by atoms with Crippen molar-refractivity contribution in [2.24, 2.45) is 0 Å². The predicted octanol–water partition coefficient (Wildman–Crippen LogP) is 1.11. The van der Waals surface area contributed by atoms with Crippen molar-refractivity contribution in [1.29, 1.82) is 0 Å². The van der Waals surface area contributed by atoms with Crippen molar-refractivity contribution in [3.63, 3.8) is 0 Å². The summed E-state index contributed by atoms with van der Waals surface area (Å²) in [5.41, 5.74) is 0. The monoisotopic (exact) mass is 296 g/mol. The van der Waals surface area contributed by atoms with Crippen LogP contribution < -0.4 is 5.32 Å². The van der Waals surface area contributed by atoms with Gasteiger partial charge in [-0.25, -0.2) is 0 Å². The lowest BCUT2D eigenvalue weighted by atomic mass is 10.1. The summed E-state index contributed by atoms with van der Waals surface area (Å²) in [5, 5.41) is 2.92. The molecule has 1 N–H and O–H groups in total. The van der Waals surface area contributed by atoms with Crippen LogP contribution in [0.3, 0.4) is 0 Å². The van der Waals surface area contributed by atoms with Crippen LogP contribution in [-0.2, 0) is 14.3 Å². The fourth-order valence-corrected chi connectivity index (χ4v) is 2.39. The molecule has 2 heterocycles. The number of hydrogen-bond donors (Lipinski definition) is 1. The standard InChI is InChI=1S/C15H24N2O4/c1-3-19-11-15(18)16-10-13(14-5-4-12(2)21-14)17-6-8-20-9-7-17/h4-5,13H,3,6-11H2,1-2H3,(H,16,18). The molecule has 0 saturated carbocycles. The van der Waals surface area contributed by atoms with E-state index in [-0.39, 0.29) is 18.6 Å². The van der Waals surface area contributed by atoms with E-state index in [2.05, 4.69) is 10.2 Å². The molecule has 0 bridgehead atoms. The van der Waals surface area contributed by atoms with E-state index in [1.165, 1.54) is 0 Å². The van der Waals surface area contributed by atoms with Crippen LogP contribution in [0.1, 0.15) is 24.5 Å². The lowest BCUT2D eigenvalue weighted by molar-refractivity contribution is -0.125. The summed E-state index contributed by atoms with van der Waals surface area (Å²) in [6.45, 7) is 8.05. The van der Waals surface area contributed by atoms with Gasteiger partial charge in [0.05, 0.1) is 19.3 Å². The molecule has 0 radical (unpaired) electrons. The molecule has 0 aliphatic carbocycles. The van der Waals surface area contributed by atoms with Crippen molar-refractivity contribution >= 4 is 5.91 Å². The van der Waals surface area contributed by atoms with Crippen LogP contribution in [0, 0.1) is 6.92 Å². The molecule has 0 spiro atoms. The number of nitrogens with one attached hydrogen (secondary N) is 1. The smallest absolute Gasteiger partial charge is 0.246 e. The average Bonchev–Trinajstić information content (AvgIpc) is 2.93. The minimum atomic E-state index is -0.0987. The van der Waals surface area contributed by atoms with E-state index >= 15 is 0 Å². The Morgan fingerprint density at radius 2 is 2.19 bits per heavy atom. The Bertz CT molecular complexity index is 441. The molecule has 1 aliphatic rings. The Kier molecular flexibility index (Phi) is 6.22. The second kappa shape index (κ2) is 8.17. The van der Waals surface area contributed by atoms with Crippen LogP contribution in [0.15, 0.2) is 16.5 Å². The van der Waals surface area contributed by atoms with Crippen molar-refractivity contribution in [2.75, 3.05) is 46.1 Å². The zero-order valence-electron chi connectivity index (χ0n) is 12.8. The maximum Gasteiger partial charge on any atom is 0.246 e. The number of rotatable bonds is 7. The largest absolute Gasteiger partial charge is 0.465 e. The Hall–Kier alpha value is -1.37. The SMILES string of the molecule is CCOCC(=O)NCC(c1ccc(C)o1)N1CCOCC1. The van der Waals surface area contributed by atoms with Crippen LogP contribution in [0.4, 0.5) is 0 Å². The van der Waals surface area contributed by atoms with Crippen LogP contribution >= 0.6 is 0 Å². The molecule has 2 rings (SSSR count). The third kappa shape index (κ3) is 4.84. The van der Waals surface area contributed by atoms with Crippen LogP contribution in [0.5, 0.6) is 0 Å². The number of furan rings is 1. The van der Waals surface area contributed by atoms with E-state index in [1.54, 1.807) is 0 Å². The van der Waals surface area contributed by atoms with Crippen molar-refractivity contribution < 1.29 is 18.7 Å². The summed E-state index contributed by atoms with van der Waals surface area (Å²) in [7, 11) is 0. The highest BCUT2D eigenvalue weighted by Gasteiger charge is 2.25. The highest BCUT2D eigenvalue weighted by Crippen LogP contribution is 2.23. The molecule has 21 heavy (non-hydrogen) atoms. The maximum atomic E-state index is 11.7. The summed E-state index contributed by atoms with van der Waals surface area (Å²) in [6.07, 6.45) is 0. The lowest BCUT2D eigenvalue weighted by Crippen LogP contribution is -2.44. The number of carbonyl (C=O) groups excluding carboxylic acids is 1. The molecule has 1 aliphatic heterocycles. The highest BCUT2D eigenvalue weighted by molar-refractivity contribution is 5.77. The lowest BCUT2D eigenvalue weighted by Gasteiger charge is -2.33. The van der Waals surface area contributed by atoms with Gasteiger partial charge in [-0.2, -0.15) is 0 Å². The predicted molar refractivity (Wildman–Crippen MR) is 78.1 cm³/mol. The quantitative estimate of drug-likeness (QED) is 0.817. The number of hydrogen-bond acceptors (Lipinski definition) is 5. The van der Waals surface area contributed by atoms with E-state index in [9.17, 15) is 4.79 Å². The minimum absolute atomic E-state index is 0.0353. The van der Waals surface area contributed by atoms with Gasteiger partial charge in [0.2, 0.25) is 5.91 Å². The molecule has 1 fully saturated rings. The number of nitrogens with zero attached hydrogens (tertiary/aromatic N) is 1. The highest BCUT2D eigenvalue weighted by atomic mass is 16.5. The van der Waals surface area contributed by atoms with Gasteiger partial charge in [-0.1, -0.05) is 0 Å². The van der Waals surface area contributed by atoms with Crippen molar-refractivity contribution in [1.82, 2.24) is 10.2 Å². The summed E-state index contributed by atoms with van der Waals surface area (Å²) < 4.78 is 16.3. The number of carbonyl (C=O) groups is 1. The van der Waals surface area contributed by atoms with Crippen molar-refractivity contribution in [3.8, 4) is 0 Å². The van der Waals surface area contributed by atoms with Gasteiger partial charge in [0.1, 0.15) is 18.1 Å². The van der Waals surface area contributed by atoms with E-state index in [4.69, 9.17) is 13.9 Å². The van der Waals surface area contributed by atoms with Crippen molar-refractivity contribution in [2.45, 2.75) is 19.9 Å². The number of aryl methyl sites for hydroxylation is 1. The molecule has 1 amide bonds. The molecular weight excluding hydrogens is 272 g/mol. The van der Waals surface area contributed by atoms with Crippen LogP contribution in [0.25, 0.3) is 0 Å². The van der Waals surface area contributed by atoms with Crippen molar-refractivity contribution in [3.05, 3.63) is 23.7 Å². The van der Waals surface area contributed by atoms with Gasteiger partial charge in [-0.15, -0.1) is 0 Å². The second-order valence-corrected chi connectivity index (χ2v) is 5.05. The summed E-state index contributed by atoms with van der Waals surface area (Å²) in [6, 6.07) is 3.96. The topological polar surface area (TPSA) is 63.9 Å². The van der Waals surface area contributed by atoms with Gasteiger partial charge in [-0.3, -0.25) is 9.69 Å². The molecule has 1 saturated heterocycles. The van der Waals surface area contributed by atoms with E-state index in [1.807, 2.05) is 26.0 Å². The molecule has 1 atom stereocenters. The van der Waals surface area contributed by atoms with E-state index in [0.717, 1.165) is 24.6 Å². The summed E-state index contributed by atoms with van der Waals surface area (Å²) in [5.74, 6) is 1.66. The molecule has 6 nitrogen and oxygen atoms in total. The number of amides is 1. The van der Waals surface area contributed by atoms with Gasteiger partial charge in [0.15, 0.2) is 0 Å². The molecule has 1 unspecified atom stereocenters. The van der Waals surface area contributed by atoms with Gasteiger partial charge in [-0.05, 0) is 26.0 Å². The Labute approximate surface area is 125 Å². The Balaban J connectivity index is 1.96. The fraction of sp³-hybridized carbons (Fsp3) is 0.667. The first kappa shape index (κ1) is 16.0. The number of morpholine rings is 1. The average molecular weight is 296 g/mol. The Morgan fingerprint density at radius 3 is 2.81 bits per heavy atom. The fourth-order valence-electron chi connectivity index (χ4n) is 2.39. The maximum absolute atomic E-state index is 11.7. The molecule has 0 aromatic carbocycles. The molecule has 118 valence electrons. The minimum Gasteiger partial charge on any atom is -0.465 e. The first-order chi connectivity index (χ1) is 10.2. The first-order valence-electron chi connectivity index (χ1n) is 7.43. The van der Waals surface area contributed by atoms with Gasteiger partial charge < -0.3 is 19.2 Å². The summed E-state index contributed by atoms with van der Waals surface area (Å²) in [4.78, 5) is 14.0. The zero-order valence-corrected chi connectivity index (χ0v) is 12.8. The van der Waals surface area contributed by atoms with Gasteiger partial charge >= 0.3 is 0 Å². The first-order valence-corrected chi connectivity index (χ1v) is 7.43. The molecule has 6 heteroatoms. The third-order valence-electron chi connectivity index (χ3n) is 3.51.